The van der Waals surface area contributed by atoms with Crippen molar-refractivity contribution in [2.24, 2.45) is 5.73 Å². The first kappa shape index (κ1) is 7.74. The monoisotopic (exact) mass is 162 g/mol. The van der Waals surface area contributed by atoms with E-state index in [1.807, 2.05) is 13.1 Å². The van der Waals surface area contributed by atoms with Gasteiger partial charge in [0.15, 0.2) is 0 Å². The number of nitrogens with zero attached hydrogens (tertiary/aromatic N) is 1. The molecule has 64 valence electrons. The summed E-state index contributed by atoms with van der Waals surface area (Å²) in [5.74, 6) is 0. The summed E-state index contributed by atoms with van der Waals surface area (Å²) >= 11 is 0. The van der Waals surface area contributed by atoms with Gasteiger partial charge >= 0.3 is 0 Å². The number of hydrogen-bond acceptors (Lipinski definition) is 2. The molecule has 2 N–H and O–H groups in total. The predicted molar refractivity (Wildman–Crippen MR) is 48.8 cm³/mol. The second-order valence-corrected chi connectivity index (χ2v) is 3.80. The molecule has 1 saturated carbocycles. The van der Waals surface area contributed by atoms with E-state index in [0.717, 1.165) is 18.5 Å². The van der Waals surface area contributed by atoms with E-state index in [-0.39, 0.29) is 5.54 Å². The first-order chi connectivity index (χ1) is 5.62. The molecule has 2 rings (SSSR count). The van der Waals surface area contributed by atoms with Crippen LogP contribution in [-0.4, -0.2) is 4.98 Å². The van der Waals surface area contributed by atoms with Crippen molar-refractivity contribution in [3.8, 4) is 0 Å². The summed E-state index contributed by atoms with van der Waals surface area (Å²) in [6, 6.07) is 2.10. The second-order valence-electron chi connectivity index (χ2n) is 3.80. The highest BCUT2D eigenvalue weighted by Crippen LogP contribution is 2.43. The Morgan fingerprint density at radius 1 is 1.42 bits per heavy atom. The molecule has 0 unspecified atom stereocenters. The van der Waals surface area contributed by atoms with Gasteiger partial charge in [-0.25, -0.2) is 0 Å². The van der Waals surface area contributed by atoms with Crippen molar-refractivity contribution in [3.05, 3.63) is 29.1 Å². The molecular formula is C10H14N2. The van der Waals surface area contributed by atoms with E-state index in [0.29, 0.717) is 0 Å². The van der Waals surface area contributed by atoms with E-state index in [2.05, 4.69) is 18.0 Å². The minimum atomic E-state index is -0.0369. The lowest BCUT2D eigenvalue weighted by Crippen LogP contribution is -2.20. The summed E-state index contributed by atoms with van der Waals surface area (Å²) in [7, 11) is 0. The average Bonchev–Trinajstić information content (AvgIpc) is 2.68. The lowest BCUT2D eigenvalue weighted by molar-refractivity contribution is 0.726. The maximum Gasteiger partial charge on any atom is 0.0429 e. The highest BCUT2D eigenvalue weighted by molar-refractivity contribution is 5.35. The van der Waals surface area contributed by atoms with Crippen molar-refractivity contribution in [1.82, 2.24) is 4.98 Å². The number of pyridine rings is 1. The Labute approximate surface area is 72.8 Å². The van der Waals surface area contributed by atoms with Crippen LogP contribution in [0, 0.1) is 13.8 Å². The molecule has 0 saturated heterocycles. The van der Waals surface area contributed by atoms with E-state index in [1.54, 1.807) is 0 Å². The van der Waals surface area contributed by atoms with Gasteiger partial charge in [-0.2, -0.15) is 0 Å². The van der Waals surface area contributed by atoms with E-state index in [1.165, 1.54) is 11.1 Å². The lowest BCUT2D eigenvalue weighted by atomic mass is 10.0. The summed E-state index contributed by atoms with van der Waals surface area (Å²) in [4.78, 5) is 4.27. The van der Waals surface area contributed by atoms with E-state index >= 15 is 0 Å². The molecular weight excluding hydrogens is 148 g/mol. The van der Waals surface area contributed by atoms with Gasteiger partial charge in [-0.1, -0.05) is 0 Å². The molecule has 2 nitrogen and oxygen atoms in total. The summed E-state index contributed by atoms with van der Waals surface area (Å²) in [6.07, 6.45) is 4.15. The first-order valence-electron chi connectivity index (χ1n) is 4.34. The van der Waals surface area contributed by atoms with Crippen molar-refractivity contribution < 1.29 is 0 Å². The zero-order chi connectivity index (χ0) is 8.77. The molecule has 1 aliphatic carbocycles. The average molecular weight is 162 g/mol. The van der Waals surface area contributed by atoms with Gasteiger partial charge in [0.2, 0.25) is 0 Å². The topological polar surface area (TPSA) is 38.9 Å². The van der Waals surface area contributed by atoms with Crippen LogP contribution in [-0.2, 0) is 5.54 Å². The molecule has 2 heteroatoms. The summed E-state index contributed by atoms with van der Waals surface area (Å²) in [6.45, 7) is 4.11. The fourth-order valence-electron chi connectivity index (χ4n) is 1.62. The molecule has 0 bridgehead atoms. The SMILES string of the molecule is Cc1cc(C)c(C2(N)CC2)cn1. The Morgan fingerprint density at radius 3 is 2.58 bits per heavy atom. The third-order valence-corrected chi connectivity index (χ3v) is 2.57. The van der Waals surface area contributed by atoms with Gasteiger partial charge < -0.3 is 5.73 Å². The fraction of sp³-hybridized carbons (Fsp3) is 0.500. The largest absolute Gasteiger partial charge is 0.321 e. The molecule has 0 aliphatic heterocycles. The predicted octanol–water partition coefficient (Wildman–Crippen LogP) is 1.65. The fourth-order valence-corrected chi connectivity index (χ4v) is 1.62. The smallest absolute Gasteiger partial charge is 0.0429 e. The Kier molecular flexibility index (Phi) is 1.48. The van der Waals surface area contributed by atoms with Crippen molar-refractivity contribution in [3.63, 3.8) is 0 Å². The summed E-state index contributed by atoms with van der Waals surface area (Å²) in [5, 5.41) is 0. The third-order valence-electron chi connectivity index (χ3n) is 2.57. The molecule has 1 aliphatic rings. The molecule has 0 spiro atoms. The Bertz CT molecular complexity index is 314. The van der Waals surface area contributed by atoms with Gasteiger partial charge in [0.25, 0.3) is 0 Å². The van der Waals surface area contributed by atoms with Gasteiger partial charge in [-0.3, -0.25) is 4.98 Å². The maximum atomic E-state index is 6.08. The standard InChI is InChI=1S/C10H14N2/c1-7-5-8(2)12-6-9(7)10(11)3-4-10/h5-6H,3-4,11H2,1-2H3. The zero-order valence-electron chi connectivity index (χ0n) is 7.59. The van der Waals surface area contributed by atoms with Crippen LogP contribution in [0.4, 0.5) is 0 Å². The van der Waals surface area contributed by atoms with Crippen LogP contribution < -0.4 is 5.73 Å². The Balaban J connectivity index is 2.45. The molecule has 1 aromatic rings. The van der Waals surface area contributed by atoms with Gasteiger partial charge in [-0.05, 0) is 43.9 Å². The first-order valence-corrected chi connectivity index (χ1v) is 4.34. The van der Waals surface area contributed by atoms with E-state index in [9.17, 15) is 0 Å². The Morgan fingerprint density at radius 2 is 2.08 bits per heavy atom. The van der Waals surface area contributed by atoms with Crippen LogP contribution in [0.25, 0.3) is 0 Å². The number of rotatable bonds is 1. The molecule has 0 atom stereocenters. The molecule has 0 amide bonds. The van der Waals surface area contributed by atoms with Gasteiger partial charge in [0, 0.05) is 17.4 Å². The highest BCUT2D eigenvalue weighted by atomic mass is 14.8. The quantitative estimate of drug-likeness (QED) is 0.682. The maximum absolute atomic E-state index is 6.08. The minimum absolute atomic E-state index is 0.0369. The molecule has 12 heavy (non-hydrogen) atoms. The van der Waals surface area contributed by atoms with Crippen molar-refractivity contribution in [1.29, 1.82) is 0 Å². The van der Waals surface area contributed by atoms with Gasteiger partial charge in [-0.15, -0.1) is 0 Å². The molecule has 0 aromatic carbocycles. The number of aryl methyl sites for hydroxylation is 2. The second kappa shape index (κ2) is 2.30. The summed E-state index contributed by atoms with van der Waals surface area (Å²) in [5.41, 5.74) is 9.62. The van der Waals surface area contributed by atoms with E-state index < -0.39 is 0 Å². The number of aromatic nitrogens is 1. The van der Waals surface area contributed by atoms with Crippen LogP contribution in [0.1, 0.15) is 29.7 Å². The zero-order valence-corrected chi connectivity index (χ0v) is 7.59. The Hall–Kier alpha value is -0.890. The van der Waals surface area contributed by atoms with Crippen LogP contribution in [0.15, 0.2) is 12.3 Å². The van der Waals surface area contributed by atoms with Crippen LogP contribution >= 0.6 is 0 Å². The molecule has 1 heterocycles. The number of hydrogen-bond donors (Lipinski definition) is 1. The summed E-state index contributed by atoms with van der Waals surface area (Å²) < 4.78 is 0. The lowest BCUT2D eigenvalue weighted by Gasteiger charge is -2.11. The van der Waals surface area contributed by atoms with Crippen molar-refractivity contribution in [2.75, 3.05) is 0 Å². The normalized spacial score (nSPS) is 19.2. The number of nitrogens with two attached hydrogens (primary N) is 1. The minimum Gasteiger partial charge on any atom is -0.321 e. The molecule has 0 radical (unpaired) electrons. The molecule has 1 aromatic heterocycles. The van der Waals surface area contributed by atoms with Crippen LogP contribution in [0.5, 0.6) is 0 Å². The molecule has 1 fully saturated rings. The van der Waals surface area contributed by atoms with Crippen LogP contribution in [0.3, 0.4) is 0 Å². The van der Waals surface area contributed by atoms with E-state index in [4.69, 9.17) is 5.73 Å². The van der Waals surface area contributed by atoms with Crippen LogP contribution in [0.2, 0.25) is 0 Å². The van der Waals surface area contributed by atoms with Crippen molar-refractivity contribution >= 4 is 0 Å². The van der Waals surface area contributed by atoms with Gasteiger partial charge in [0.05, 0.1) is 0 Å². The third kappa shape index (κ3) is 1.12. The van der Waals surface area contributed by atoms with Crippen molar-refractivity contribution in [2.45, 2.75) is 32.2 Å². The van der Waals surface area contributed by atoms with Gasteiger partial charge in [0.1, 0.15) is 0 Å². The highest BCUT2D eigenvalue weighted by Gasteiger charge is 2.41.